The number of benzene rings is 7. The number of unbranched alkanes of at least 4 members (excludes halogenated alkanes) is 2. The molecule has 7 rings (SSSR count). The van der Waals surface area contributed by atoms with Crippen LogP contribution in [0.5, 0.6) is 11.5 Å². The number of hydrogen-bond acceptors (Lipinski definition) is 5. The number of ether oxygens (including phenoxy) is 2. The molecule has 6 heteroatoms. The Morgan fingerprint density at radius 1 is 0.500 bits per heavy atom. The fourth-order valence-corrected chi connectivity index (χ4v) is 7.03. The quantitative estimate of drug-likeness (QED) is 0.0491. The van der Waals surface area contributed by atoms with Crippen LogP contribution in [-0.4, -0.2) is 13.2 Å². The molecule has 7 aromatic rings. The van der Waals surface area contributed by atoms with Gasteiger partial charge < -0.3 is 19.3 Å². The number of nitriles is 1. The van der Waals surface area contributed by atoms with E-state index in [1.165, 1.54) is 0 Å². The minimum absolute atomic E-state index is 0.476. The minimum Gasteiger partial charge on any atom is -0.494 e. The maximum Gasteiger partial charge on any atom is 0.194 e. The molecule has 6 nitrogen and oxygen atoms in total. The van der Waals surface area contributed by atoms with Gasteiger partial charge in [0, 0.05) is 34.1 Å². The molecule has 7 aromatic carbocycles. The molecule has 0 bridgehead atoms. The normalized spacial score (nSPS) is 11.0. The molecule has 306 valence electrons. The SMILES string of the molecule is [C-]#[N+]c1cc(C=Cc2ccc(N(c3ccccc3)c3ccc(OCCCC)cc3)cc2)c(C#N)cc1C=Cc1ccc(N(c2ccccc2)c2ccc(OCCCC)cc2)cc1. The van der Waals surface area contributed by atoms with Gasteiger partial charge in [-0.15, -0.1) is 0 Å². The summed E-state index contributed by atoms with van der Waals surface area (Å²) in [6.45, 7) is 13.7. The summed E-state index contributed by atoms with van der Waals surface area (Å²) in [5.41, 5.74) is 10.5. The van der Waals surface area contributed by atoms with Crippen molar-refractivity contribution in [3.05, 3.63) is 209 Å². The highest BCUT2D eigenvalue weighted by Crippen LogP contribution is 2.37. The first-order chi connectivity index (χ1) is 30.6. The van der Waals surface area contributed by atoms with E-state index in [4.69, 9.17) is 16.0 Å². The van der Waals surface area contributed by atoms with Gasteiger partial charge in [-0.3, -0.25) is 0 Å². The molecular formula is C56H50N4O2. The molecule has 0 heterocycles. The van der Waals surface area contributed by atoms with Gasteiger partial charge in [0.15, 0.2) is 5.69 Å². The Bertz CT molecular complexity index is 2450. The van der Waals surface area contributed by atoms with Crippen LogP contribution in [0.2, 0.25) is 0 Å². The average molecular weight is 811 g/mol. The molecule has 0 N–H and O–H groups in total. The van der Waals surface area contributed by atoms with E-state index in [2.05, 4.69) is 132 Å². The number of anilines is 6. The predicted molar refractivity (Wildman–Crippen MR) is 258 cm³/mol. The minimum atomic E-state index is 0.476. The monoisotopic (exact) mass is 810 g/mol. The second kappa shape index (κ2) is 21.5. The lowest BCUT2D eigenvalue weighted by molar-refractivity contribution is 0.309. The second-order valence-electron chi connectivity index (χ2n) is 14.8. The summed E-state index contributed by atoms with van der Waals surface area (Å²) in [7, 11) is 0. The average Bonchev–Trinajstić information content (AvgIpc) is 3.33. The lowest BCUT2D eigenvalue weighted by Crippen LogP contribution is -2.09. The van der Waals surface area contributed by atoms with Crippen LogP contribution in [0.15, 0.2) is 170 Å². The van der Waals surface area contributed by atoms with Crippen LogP contribution in [0.1, 0.15) is 67.3 Å². The fourth-order valence-electron chi connectivity index (χ4n) is 7.03. The Labute approximate surface area is 366 Å². The molecule has 0 aliphatic heterocycles. The molecule has 0 amide bonds. The molecule has 0 aliphatic rings. The maximum absolute atomic E-state index is 10.2. The summed E-state index contributed by atoms with van der Waals surface area (Å²) < 4.78 is 11.8. The molecule has 0 spiro atoms. The highest BCUT2D eigenvalue weighted by Gasteiger charge is 2.14. The summed E-state index contributed by atoms with van der Waals surface area (Å²) >= 11 is 0. The Morgan fingerprint density at radius 3 is 1.27 bits per heavy atom. The zero-order valence-electron chi connectivity index (χ0n) is 35.3. The van der Waals surface area contributed by atoms with Gasteiger partial charge in [-0.25, -0.2) is 4.85 Å². The molecule has 0 saturated carbocycles. The van der Waals surface area contributed by atoms with Crippen molar-refractivity contribution in [2.24, 2.45) is 0 Å². The van der Waals surface area contributed by atoms with Gasteiger partial charge in [0.05, 0.1) is 31.4 Å². The molecule has 0 unspecified atom stereocenters. The van der Waals surface area contributed by atoms with Crippen LogP contribution < -0.4 is 19.3 Å². The van der Waals surface area contributed by atoms with E-state index in [9.17, 15) is 5.26 Å². The Kier molecular flexibility index (Phi) is 14.6. The van der Waals surface area contributed by atoms with E-state index in [1.807, 2.05) is 85.0 Å². The van der Waals surface area contributed by atoms with Crippen molar-refractivity contribution in [1.29, 1.82) is 5.26 Å². The first-order valence-electron chi connectivity index (χ1n) is 21.2. The molecule has 0 aliphatic carbocycles. The first-order valence-corrected chi connectivity index (χ1v) is 21.2. The lowest BCUT2D eigenvalue weighted by Gasteiger charge is -2.25. The van der Waals surface area contributed by atoms with Crippen LogP contribution in [0, 0.1) is 17.9 Å². The van der Waals surface area contributed by atoms with Crippen molar-refractivity contribution in [1.82, 2.24) is 0 Å². The molecular weight excluding hydrogens is 761 g/mol. The van der Waals surface area contributed by atoms with Crippen molar-refractivity contribution in [2.45, 2.75) is 39.5 Å². The van der Waals surface area contributed by atoms with Gasteiger partial charge >= 0.3 is 0 Å². The molecule has 0 radical (unpaired) electrons. The Hall–Kier alpha value is -7.80. The van der Waals surface area contributed by atoms with Gasteiger partial charge in [-0.1, -0.05) is 112 Å². The van der Waals surface area contributed by atoms with E-state index in [-0.39, 0.29) is 0 Å². The fraction of sp³-hybridized carbons (Fsp3) is 0.143. The summed E-state index contributed by atoms with van der Waals surface area (Å²) in [5.74, 6) is 1.72. The van der Waals surface area contributed by atoms with Crippen molar-refractivity contribution < 1.29 is 9.47 Å². The van der Waals surface area contributed by atoms with Gasteiger partial charge in [-0.05, 0) is 144 Å². The van der Waals surface area contributed by atoms with E-state index >= 15 is 0 Å². The zero-order chi connectivity index (χ0) is 42.9. The van der Waals surface area contributed by atoms with Crippen LogP contribution in [0.25, 0.3) is 29.1 Å². The summed E-state index contributed by atoms with van der Waals surface area (Å²) in [4.78, 5) is 8.27. The highest BCUT2D eigenvalue weighted by molar-refractivity contribution is 5.84. The van der Waals surface area contributed by atoms with E-state index < -0.39 is 0 Å². The van der Waals surface area contributed by atoms with E-state index in [0.717, 1.165) is 82.4 Å². The third-order valence-electron chi connectivity index (χ3n) is 10.4. The van der Waals surface area contributed by atoms with Crippen LogP contribution in [0.4, 0.5) is 39.8 Å². The molecule has 0 atom stereocenters. The lowest BCUT2D eigenvalue weighted by atomic mass is 10.0. The first kappa shape index (κ1) is 42.3. The summed E-state index contributed by atoms with van der Waals surface area (Å²) in [6, 6.07) is 59.6. The Morgan fingerprint density at radius 2 is 0.887 bits per heavy atom. The highest BCUT2D eigenvalue weighted by atomic mass is 16.5. The summed E-state index contributed by atoms with van der Waals surface area (Å²) in [6.07, 6.45) is 12.0. The largest absolute Gasteiger partial charge is 0.494 e. The molecule has 0 saturated heterocycles. The van der Waals surface area contributed by atoms with Crippen molar-refractivity contribution in [3.63, 3.8) is 0 Å². The van der Waals surface area contributed by atoms with Crippen molar-refractivity contribution in [2.75, 3.05) is 23.0 Å². The van der Waals surface area contributed by atoms with Crippen molar-refractivity contribution in [3.8, 4) is 17.6 Å². The van der Waals surface area contributed by atoms with Crippen LogP contribution in [-0.2, 0) is 0 Å². The molecule has 0 aromatic heterocycles. The van der Waals surface area contributed by atoms with Gasteiger partial charge in [0.2, 0.25) is 0 Å². The topological polar surface area (TPSA) is 53.1 Å². The van der Waals surface area contributed by atoms with E-state index in [0.29, 0.717) is 35.6 Å². The second-order valence-corrected chi connectivity index (χ2v) is 14.8. The van der Waals surface area contributed by atoms with Gasteiger partial charge in [-0.2, -0.15) is 5.26 Å². The van der Waals surface area contributed by atoms with Gasteiger partial charge in [0.1, 0.15) is 11.5 Å². The summed E-state index contributed by atoms with van der Waals surface area (Å²) in [5, 5.41) is 10.2. The number of rotatable bonds is 18. The number of nitrogens with zero attached hydrogens (tertiary/aromatic N) is 4. The molecule has 62 heavy (non-hydrogen) atoms. The smallest absolute Gasteiger partial charge is 0.194 e. The van der Waals surface area contributed by atoms with Crippen LogP contribution in [0.3, 0.4) is 0 Å². The predicted octanol–water partition coefficient (Wildman–Crippen LogP) is 15.7. The third kappa shape index (κ3) is 10.9. The van der Waals surface area contributed by atoms with Gasteiger partial charge in [0.25, 0.3) is 0 Å². The standard InChI is InChI=1S/C56H50N4O2/c1-4-6-38-61-54-34-30-52(31-35-54)59(48-14-10-8-11-15-48)50-26-20-43(21-27-50)18-24-45-41-56(58-3)46(40-47(45)42-57)25-19-44-22-28-51(29-23-44)60(49-16-12-9-13-17-49)53-32-36-55(37-33-53)62-39-7-5-2/h8-37,40-41H,4-7,38-39H2,1-2H3. The van der Waals surface area contributed by atoms with Crippen molar-refractivity contribution >= 4 is 64.1 Å². The maximum atomic E-state index is 10.2. The third-order valence-corrected chi connectivity index (χ3v) is 10.4. The van der Waals surface area contributed by atoms with E-state index in [1.54, 1.807) is 12.1 Å². The molecule has 0 fully saturated rings. The zero-order valence-corrected chi connectivity index (χ0v) is 35.3. The number of para-hydroxylation sites is 2. The Balaban J connectivity index is 1.07. The number of hydrogen-bond donors (Lipinski definition) is 0. The van der Waals surface area contributed by atoms with Crippen LogP contribution >= 0.6 is 0 Å².